The van der Waals surface area contributed by atoms with Crippen LogP contribution in [0, 0.1) is 12.3 Å². The molecule has 2 aliphatic heterocycles. The van der Waals surface area contributed by atoms with E-state index < -0.39 is 0 Å². The summed E-state index contributed by atoms with van der Waals surface area (Å²) >= 11 is 0. The van der Waals surface area contributed by atoms with Gasteiger partial charge in [-0.3, -0.25) is 0 Å². The summed E-state index contributed by atoms with van der Waals surface area (Å²) in [5.41, 5.74) is 0.698. The first-order valence-corrected chi connectivity index (χ1v) is 4.27. The number of piperidine rings is 1. The van der Waals surface area contributed by atoms with Crippen LogP contribution in [0.2, 0.25) is 0 Å². The van der Waals surface area contributed by atoms with E-state index >= 15 is 0 Å². The van der Waals surface area contributed by atoms with Gasteiger partial charge in [0.2, 0.25) is 0 Å². The number of hydrogen-bond donors (Lipinski definition) is 1. The molecule has 0 amide bonds. The highest BCUT2D eigenvalue weighted by Crippen LogP contribution is 2.31. The molecule has 3 heteroatoms. The molecule has 0 radical (unpaired) electrons. The molecule has 1 N–H and O–H groups in total. The molecule has 0 unspecified atom stereocenters. The van der Waals surface area contributed by atoms with Crippen LogP contribution in [0.15, 0.2) is 5.16 Å². The second-order valence-electron chi connectivity index (χ2n) is 3.38. The van der Waals surface area contributed by atoms with Crippen LogP contribution in [0.3, 0.4) is 0 Å². The van der Waals surface area contributed by atoms with Gasteiger partial charge in [0.25, 0.3) is 0 Å². The molecule has 0 aromatic heterocycles. The molecule has 1 saturated heterocycles. The fourth-order valence-corrected chi connectivity index (χ4v) is 1.75. The van der Waals surface area contributed by atoms with Gasteiger partial charge in [0.1, 0.15) is 11.3 Å². The SMILES string of the molecule is C#CC1=NOC2(CCNCC2)C1. The lowest BCUT2D eigenvalue weighted by molar-refractivity contribution is -0.0400. The molecule has 2 heterocycles. The molecule has 0 bridgehead atoms. The Labute approximate surface area is 72.2 Å². The summed E-state index contributed by atoms with van der Waals surface area (Å²) in [6, 6.07) is 0. The highest BCUT2D eigenvalue weighted by molar-refractivity contribution is 6.00. The predicted octanol–water partition coefficient (Wildman–Crippen LogP) is 0.518. The van der Waals surface area contributed by atoms with Crippen LogP contribution in [0.1, 0.15) is 19.3 Å². The lowest BCUT2D eigenvalue weighted by atomic mass is 9.88. The number of nitrogens with one attached hydrogen (secondary N) is 1. The van der Waals surface area contributed by atoms with Gasteiger partial charge in [-0.05, 0) is 13.1 Å². The minimum atomic E-state index is -0.0625. The van der Waals surface area contributed by atoms with Gasteiger partial charge in [0.15, 0.2) is 0 Å². The lowest BCUT2D eigenvalue weighted by Crippen LogP contribution is -2.41. The zero-order valence-corrected chi connectivity index (χ0v) is 6.97. The van der Waals surface area contributed by atoms with Crippen molar-refractivity contribution in [2.75, 3.05) is 13.1 Å². The van der Waals surface area contributed by atoms with E-state index in [4.69, 9.17) is 11.3 Å². The molecule has 64 valence electrons. The Kier molecular flexibility index (Phi) is 1.78. The summed E-state index contributed by atoms with van der Waals surface area (Å²) in [6.07, 6.45) is 8.10. The van der Waals surface area contributed by atoms with Crippen LogP contribution in [0.5, 0.6) is 0 Å². The molecule has 2 rings (SSSR count). The van der Waals surface area contributed by atoms with Crippen LogP contribution in [-0.2, 0) is 4.84 Å². The average molecular weight is 164 g/mol. The molecule has 0 aromatic carbocycles. The zero-order chi connectivity index (χ0) is 8.44. The van der Waals surface area contributed by atoms with E-state index in [0.29, 0.717) is 0 Å². The minimum absolute atomic E-state index is 0.0625. The summed E-state index contributed by atoms with van der Waals surface area (Å²) in [5, 5.41) is 7.17. The molecule has 3 nitrogen and oxygen atoms in total. The molecule has 0 atom stereocenters. The predicted molar refractivity (Wildman–Crippen MR) is 46.8 cm³/mol. The van der Waals surface area contributed by atoms with E-state index in [1.165, 1.54) is 0 Å². The van der Waals surface area contributed by atoms with Gasteiger partial charge in [-0.2, -0.15) is 0 Å². The van der Waals surface area contributed by atoms with Crippen LogP contribution in [0.4, 0.5) is 0 Å². The third-order valence-electron chi connectivity index (χ3n) is 2.52. The van der Waals surface area contributed by atoms with Gasteiger partial charge in [-0.15, -0.1) is 6.42 Å². The zero-order valence-electron chi connectivity index (χ0n) is 6.97. The van der Waals surface area contributed by atoms with E-state index in [9.17, 15) is 0 Å². The highest BCUT2D eigenvalue weighted by Gasteiger charge is 2.39. The molecule has 1 spiro atoms. The van der Waals surface area contributed by atoms with Crippen molar-refractivity contribution in [2.24, 2.45) is 5.16 Å². The van der Waals surface area contributed by atoms with Crippen molar-refractivity contribution in [1.29, 1.82) is 0 Å². The van der Waals surface area contributed by atoms with E-state index in [-0.39, 0.29) is 5.60 Å². The minimum Gasteiger partial charge on any atom is -0.388 e. The number of rotatable bonds is 0. The maximum absolute atomic E-state index is 5.39. The Bertz CT molecular complexity index is 246. The van der Waals surface area contributed by atoms with Crippen molar-refractivity contribution < 1.29 is 4.84 Å². The maximum atomic E-state index is 5.39. The third kappa shape index (κ3) is 1.19. The Morgan fingerprint density at radius 3 is 2.83 bits per heavy atom. The standard InChI is InChI=1S/C9H12N2O/c1-2-8-7-9(12-11-8)3-5-10-6-4-9/h1,10H,3-7H2. The van der Waals surface area contributed by atoms with Gasteiger partial charge in [-0.25, -0.2) is 0 Å². The van der Waals surface area contributed by atoms with Gasteiger partial charge in [0.05, 0.1) is 0 Å². The summed E-state index contributed by atoms with van der Waals surface area (Å²) < 4.78 is 0. The van der Waals surface area contributed by atoms with Crippen LogP contribution < -0.4 is 5.32 Å². The first-order valence-electron chi connectivity index (χ1n) is 4.27. The summed E-state index contributed by atoms with van der Waals surface area (Å²) in [4.78, 5) is 5.39. The molecule has 12 heavy (non-hydrogen) atoms. The normalized spacial score (nSPS) is 26.1. The van der Waals surface area contributed by atoms with E-state index in [1.807, 2.05) is 0 Å². The van der Waals surface area contributed by atoms with E-state index in [0.717, 1.165) is 38.1 Å². The number of oxime groups is 1. The molecule has 1 fully saturated rings. The molecule has 0 aliphatic carbocycles. The quantitative estimate of drug-likeness (QED) is 0.529. The van der Waals surface area contributed by atoms with Crippen molar-refractivity contribution in [3.05, 3.63) is 0 Å². The molecular weight excluding hydrogens is 152 g/mol. The van der Waals surface area contributed by atoms with Crippen molar-refractivity contribution in [2.45, 2.75) is 24.9 Å². The Hall–Kier alpha value is -1.01. The smallest absolute Gasteiger partial charge is 0.146 e. The topological polar surface area (TPSA) is 33.6 Å². The second-order valence-corrected chi connectivity index (χ2v) is 3.38. The molecule has 2 aliphatic rings. The Balaban J connectivity index is 2.03. The Morgan fingerprint density at radius 1 is 1.50 bits per heavy atom. The second kappa shape index (κ2) is 2.80. The van der Waals surface area contributed by atoms with E-state index in [2.05, 4.69) is 16.4 Å². The van der Waals surface area contributed by atoms with Gasteiger partial charge < -0.3 is 10.2 Å². The van der Waals surface area contributed by atoms with Gasteiger partial charge in [-0.1, -0.05) is 11.1 Å². The van der Waals surface area contributed by atoms with Gasteiger partial charge in [0, 0.05) is 19.3 Å². The van der Waals surface area contributed by atoms with E-state index in [1.54, 1.807) is 0 Å². The monoisotopic (exact) mass is 164 g/mol. The number of nitrogens with zero attached hydrogens (tertiary/aromatic N) is 1. The van der Waals surface area contributed by atoms with Crippen molar-refractivity contribution in [3.8, 4) is 12.3 Å². The largest absolute Gasteiger partial charge is 0.388 e. The summed E-state index contributed by atoms with van der Waals surface area (Å²) in [5.74, 6) is 2.54. The van der Waals surface area contributed by atoms with Gasteiger partial charge >= 0.3 is 0 Å². The Morgan fingerprint density at radius 2 is 2.25 bits per heavy atom. The number of hydrogen-bond acceptors (Lipinski definition) is 3. The lowest BCUT2D eigenvalue weighted by Gasteiger charge is -2.30. The summed E-state index contributed by atoms with van der Waals surface area (Å²) in [7, 11) is 0. The molecule has 0 saturated carbocycles. The number of terminal acetylenes is 1. The van der Waals surface area contributed by atoms with Crippen molar-refractivity contribution >= 4 is 5.71 Å². The fraction of sp³-hybridized carbons (Fsp3) is 0.667. The first-order chi connectivity index (χ1) is 5.85. The van der Waals surface area contributed by atoms with Crippen molar-refractivity contribution in [1.82, 2.24) is 5.32 Å². The third-order valence-corrected chi connectivity index (χ3v) is 2.52. The highest BCUT2D eigenvalue weighted by atomic mass is 16.7. The van der Waals surface area contributed by atoms with Crippen LogP contribution in [0.25, 0.3) is 0 Å². The van der Waals surface area contributed by atoms with Crippen molar-refractivity contribution in [3.63, 3.8) is 0 Å². The first kappa shape index (κ1) is 7.63. The average Bonchev–Trinajstić information content (AvgIpc) is 2.50. The molecule has 0 aromatic rings. The van der Waals surface area contributed by atoms with Crippen LogP contribution >= 0.6 is 0 Å². The maximum Gasteiger partial charge on any atom is 0.146 e. The fourth-order valence-electron chi connectivity index (χ4n) is 1.75. The molecular formula is C9H12N2O. The van der Waals surface area contributed by atoms with Crippen LogP contribution in [-0.4, -0.2) is 24.4 Å². The summed E-state index contributed by atoms with van der Waals surface area (Å²) in [6.45, 7) is 2.01.